The molecule has 0 fully saturated rings. The van der Waals surface area contributed by atoms with E-state index < -0.39 is 0 Å². The average molecular weight is 573 g/mol. The third kappa shape index (κ3) is 5.01. The second-order valence-corrected chi connectivity index (χ2v) is 11.8. The second kappa shape index (κ2) is 11.4. The molecule has 0 saturated carbocycles. The molecule has 0 radical (unpaired) electrons. The Morgan fingerprint density at radius 2 is 0.800 bits per heavy atom. The van der Waals surface area contributed by atoms with Gasteiger partial charge < -0.3 is 0 Å². The van der Waals surface area contributed by atoms with Crippen molar-refractivity contribution in [2.24, 2.45) is 0 Å². The van der Waals surface area contributed by atoms with E-state index in [4.69, 9.17) is 0 Å². The van der Waals surface area contributed by atoms with Crippen LogP contribution in [0.5, 0.6) is 0 Å². The zero-order valence-corrected chi connectivity index (χ0v) is 25.2. The third-order valence-electron chi connectivity index (χ3n) is 9.00. The van der Waals surface area contributed by atoms with E-state index in [0.717, 1.165) is 0 Å². The van der Waals surface area contributed by atoms with Gasteiger partial charge in [0, 0.05) is 0 Å². The summed E-state index contributed by atoms with van der Waals surface area (Å²) in [4.78, 5) is 0. The molecule has 0 aliphatic heterocycles. The van der Waals surface area contributed by atoms with E-state index in [1.807, 2.05) is 0 Å². The molecular formula is C45H32. The van der Waals surface area contributed by atoms with Crippen LogP contribution >= 0.6 is 0 Å². The van der Waals surface area contributed by atoms with Crippen molar-refractivity contribution in [3.05, 3.63) is 180 Å². The van der Waals surface area contributed by atoms with Gasteiger partial charge in [-0.3, -0.25) is 0 Å². The maximum Gasteiger partial charge on any atom is -0.00264 e. The first-order chi connectivity index (χ1) is 22.2. The lowest BCUT2D eigenvalue weighted by Gasteiger charge is -2.18. The van der Waals surface area contributed by atoms with Crippen LogP contribution in [-0.2, 0) is 0 Å². The Hall–Kier alpha value is -5.72. The first-order valence-corrected chi connectivity index (χ1v) is 15.6. The van der Waals surface area contributed by atoms with Gasteiger partial charge in [0.1, 0.15) is 0 Å². The predicted molar refractivity (Wildman–Crippen MR) is 195 cm³/mol. The minimum absolute atomic E-state index is 1.19. The van der Waals surface area contributed by atoms with Crippen molar-refractivity contribution in [2.75, 3.05) is 0 Å². The highest BCUT2D eigenvalue weighted by Crippen LogP contribution is 2.44. The van der Waals surface area contributed by atoms with Gasteiger partial charge in [-0.05, 0) is 95.4 Å². The molecule has 0 amide bonds. The van der Waals surface area contributed by atoms with Crippen molar-refractivity contribution in [3.8, 4) is 33.4 Å². The largest absolute Gasteiger partial charge is 0.0620 e. The Labute approximate surface area is 264 Å². The molecule has 0 nitrogen and oxygen atoms in total. The summed E-state index contributed by atoms with van der Waals surface area (Å²) >= 11 is 0. The highest BCUT2D eigenvalue weighted by molar-refractivity contribution is 6.21. The second-order valence-electron chi connectivity index (χ2n) is 11.8. The molecular weight excluding hydrogens is 540 g/mol. The quantitative estimate of drug-likeness (QED) is 0.142. The van der Waals surface area contributed by atoms with E-state index in [1.165, 1.54) is 82.4 Å². The maximum absolute atomic E-state index is 2.28. The topological polar surface area (TPSA) is 0 Å². The van der Waals surface area contributed by atoms with Crippen LogP contribution in [0, 0.1) is 6.92 Å². The van der Waals surface area contributed by atoms with Gasteiger partial charge in [-0.15, -0.1) is 0 Å². The van der Waals surface area contributed by atoms with Gasteiger partial charge in [0.25, 0.3) is 0 Å². The Balaban J connectivity index is 1.20. The summed E-state index contributed by atoms with van der Waals surface area (Å²) in [5.74, 6) is 0. The van der Waals surface area contributed by atoms with Crippen molar-refractivity contribution in [1.29, 1.82) is 0 Å². The molecule has 0 aliphatic carbocycles. The van der Waals surface area contributed by atoms with E-state index in [1.54, 1.807) is 0 Å². The molecule has 0 heterocycles. The average Bonchev–Trinajstić information content (AvgIpc) is 3.10. The lowest BCUT2D eigenvalue weighted by atomic mass is 9.85. The van der Waals surface area contributed by atoms with E-state index >= 15 is 0 Å². The molecule has 0 unspecified atom stereocenters. The van der Waals surface area contributed by atoms with Gasteiger partial charge in [0.15, 0.2) is 0 Å². The Kier molecular flexibility index (Phi) is 6.81. The van der Waals surface area contributed by atoms with E-state index in [2.05, 4.69) is 183 Å². The van der Waals surface area contributed by atoms with E-state index in [9.17, 15) is 0 Å². The van der Waals surface area contributed by atoms with Crippen molar-refractivity contribution in [3.63, 3.8) is 0 Å². The van der Waals surface area contributed by atoms with Gasteiger partial charge in [-0.1, -0.05) is 170 Å². The lowest BCUT2D eigenvalue weighted by molar-refractivity contribution is 1.46. The Morgan fingerprint density at radius 3 is 1.40 bits per heavy atom. The summed E-state index contributed by atoms with van der Waals surface area (Å²) in [6, 6.07) is 59.5. The monoisotopic (exact) mass is 572 g/mol. The molecule has 0 aliphatic rings. The first kappa shape index (κ1) is 26.9. The first-order valence-electron chi connectivity index (χ1n) is 15.6. The summed E-state index contributed by atoms with van der Waals surface area (Å²) in [7, 11) is 0. The van der Waals surface area contributed by atoms with Crippen LogP contribution in [0.2, 0.25) is 0 Å². The smallest absolute Gasteiger partial charge is 0.00264 e. The lowest BCUT2D eigenvalue weighted by Crippen LogP contribution is -1.91. The summed E-state index contributed by atoms with van der Waals surface area (Å²) < 4.78 is 0. The van der Waals surface area contributed by atoms with E-state index in [0.29, 0.717) is 0 Å². The van der Waals surface area contributed by atoms with Crippen molar-refractivity contribution < 1.29 is 0 Å². The van der Waals surface area contributed by atoms with Gasteiger partial charge in [0.05, 0.1) is 0 Å². The number of aryl methyl sites for hydroxylation is 1. The van der Waals surface area contributed by atoms with Crippen molar-refractivity contribution in [1.82, 2.24) is 0 Å². The molecule has 212 valence electrons. The predicted octanol–water partition coefficient (Wildman–Crippen LogP) is 12.6. The minimum atomic E-state index is 1.19. The van der Waals surface area contributed by atoms with Gasteiger partial charge in [-0.2, -0.15) is 0 Å². The molecule has 0 bridgehead atoms. The molecule has 0 heteroatoms. The number of benzene rings is 8. The zero-order chi connectivity index (χ0) is 30.2. The normalized spacial score (nSPS) is 11.6. The molecule has 0 saturated heterocycles. The number of hydrogen-bond donors (Lipinski definition) is 0. The summed E-state index contributed by atoms with van der Waals surface area (Å²) in [5.41, 5.74) is 11.3. The fourth-order valence-corrected chi connectivity index (χ4v) is 6.73. The van der Waals surface area contributed by atoms with Crippen LogP contribution in [0.3, 0.4) is 0 Å². The molecule has 0 atom stereocenters. The van der Waals surface area contributed by atoms with Crippen LogP contribution in [0.25, 0.3) is 77.9 Å². The Morgan fingerprint density at radius 1 is 0.356 bits per heavy atom. The number of fused-ring (bicyclic) bond motifs is 3. The molecule has 8 aromatic carbocycles. The SMILES string of the molecule is Cc1ccccc1-c1ccc(-c2c3ccccc3c(-c3ccc(C=Cc4ccc5ccccc5c4)cc3)c3ccccc23)cc1. The van der Waals surface area contributed by atoms with Crippen LogP contribution in [-0.4, -0.2) is 0 Å². The highest BCUT2D eigenvalue weighted by Gasteiger charge is 2.16. The van der Waals surface area contributed by atoms with E-state index in [-0.39, 0.29) is 0 Å². The Bertz CT molecular complexity index is 2300. The van der Waals surface area contributed by atoms with Gasteiger partial charge in [0.2, 0.25) is 0 Å². The van der Waals surface area contributed by atoms with Crippen LogP contribution in [0.4, 0.5) is 0 Å². The molecule has 8 aromatic rings. The third-order valence-corrected chi connectivity index (χ3v) is 9.00. The maximum atomic E-state index is 2.28. The van der Waals surface area contributed by atoms with Crippen LogP contribution in [0.15, 0.2) is 164 Å². The molecule has 0 N–H and O–H groups in total. The molecule has 0 aromatic heterocycles. The van der Waals surface area contributed by atoms with Gasteiger partial charge in [-0.25, -0.2) is 0 Å². The zero-order valence-electron chi connectivity index (χ0n) is 25.2. The molecule has 0 spiro atoms. The van der Waals surface area contributed by atoms with Crippen molar-refractivity contribution in [2.45, 2.75) is 6.92 Å². The standard InChI is InChI=1S/C45H32/c1-31-10-2-5-13-39(31)35-26-28-37(29-27-35)45-42-16-8-6-14-40(42)44(41-15-7-9-17-43(41)45)36-24-20-32(21-25-36)18-19-33-22-23-34-11-3-4-12-38(34)30-33/h2-30H,1H3. The summed E-state index contributed by atoms with van der Waals surface area (Å²) in [6.07, 6.45) is 4.40. The van der Waals surface area contributed by atoms with Crippen molar-refractivity contribution >= 4 is 44.5 Å². The molecule has 45 heavy (non-hydrogen) atoms. The number of rotatable bonds is 5. The summed E-state index contributed by atoms with van der Waals surface area (Å²) in [5, 5.41) is 7.62. The van der Waals surface area contributed by atoms with Crippen LogP contribution < -0.4 is 0 Å². The minimum Gasteiger partial charge on any atom is -0.0620 e. The van der Waals surface area contributed by atoms with Gasteiger partial charge >= 0.3 is 0 Å². The number of hydrogen-bond acceptors (Lipinski definition) is 0. The highest BCUT2D eigenvalue weighted by atomic mass is 14.2. The molecule has 8 rings (SSSR count). The summed E-state index contributed by atoms with van der Waals surface area (Å²) in [6.45, 7) is 2.18. The fraction of sp³-hybridized carbons (Fsp3) is 0.0222. The fourth-order valence-electron chi connectivity index (χ4n) is 6.73. The van der Waals surface area contributed by atoms with Crippen LogP contribution in [0.1, 0.15) is 16.7 Å².